The normalized spacial score (nSPS) is 12.7. The molecule has 1 aromatic carbocycles. The zero-order chi connectivity index (χ0) is 13.7. The molecule has 0 bridgehead atoms. The number of carbonyl (C=O) groups is 1. The van der Waals surface area contributed by atoms with Crippen molar-refractivity contribution in [3.05, 3.63) is 35.1 Å². The minimum atomic E-state index is -1.07. The summed E-state index contributed by atoms with van der Waals surface area (Å²) in [4.78, 5) is 12.6. The van der Waals surface area contributed by atoms with Gasteiger partial charge < -0.3 is 15.1 Å². The molecule has 0 aromatic heterocycles. The lowest BCUT2D eigenvalue weighted by atomic mass is 10.1. The summed E-state index contributed by atoms with van der Waals surface area (Å²) in [5, 5.41) is 18.0. The van der Waals surface area contributed by atoms with Crippen molar-refractivity contribution in [1.82, 2.24) is 4.90 Å². The molecule has 1 rings (SSSR count). The van der Waals surface area contributed by atoms with E-state index in [2.05, 4.69) is 0 Å². The number of hydrogen-bond donors (Lipinski definition) is 2. The van der Waals surface area contributed by atoms with Gasteiger partial charge in [-0.3, -0.25) is 0 Å². The fraction of sp³-hybridized carbons (Fsp3) is 0.462. The first kappa shape index (κ1) is 14.6. The van der Waals surface area contributed by atoms with E-state index < -0.39 is 17.9 Å². The van der Waals surface area contributed by atoms with Gasteiger partial charge in [-0.25, -0.2) is 9.18 Å². The van der Waals surface area contributed by atoms with Gasteiger partial charge in [-0.05, 0) is 38.6 Å². The van der Waals surface area contributed by atoms with Gasteiger partial charge in [-0.1, -0.05) is 0 Å². The molecule has 0 aliphatic heterocycles. The molecule has 0 radical (unpaired) electrons. The first-order valence-electron chi connectivity index (χ1n) is 5.78. The number of rotatable bonds is 6. The largest absolute Gasteiger partial charge is 0.478 e. The van der Waals surface area contributed by atoms with Crippen LogP contribution in [0.15, 0.2) is 18.2 Å². The van der Waals surface area contributed by atoms with E-state index in [4.69, 9.17) is 10.2 Å². The Labute approximate surface area is 106 Å². The molecule has 2 N–H and O–H groups in total. The Hall–Kier alpha value is -1.46. The van der Waals surface area contributed by atoms with E-state index in [-0.39, 0.29) is 5.56 Å². The van der Waals surface area contributed by atoms with Crippen LogP contribution in [0.25, 0.3) is 0 Å². The van der Waals surface area contributed by atoms with Gasteiger partial charge in [0.1, 0.15) is 5.82 Å². The first-order valence-corrected chi connectivity index (χ1v) is 5.78. The van der Waals surface area contributed by atoms with Crippen molar-refractivity contribution in [3.63, 3.8) is 0 Å². The average Bonchev–Trinajstić information content (AvgIpc) is 2.29. The summed E-state index contributed by atoms with van der Waals surface area (Å²) in [6.45, 7) is 2.63. The monoisotopic (exact) mass is 255 g/mol. The van der Waals surface area contributed by atoms with E-state index in [1.54, 1.807) is 14.0 Å². The molecule has 0 saturated heterocycles. The molecular weight excluding hydrogens is 237 g/mol. The number of halogens is 1. The summed E-state index contributed by atoms with van der Waals surface area (Å²) in [6, 6.07) is 3.76. The molecule has 0 fully saturated rings. The van der Waals surface area contributed by atoms with E-state index in [9.17, 15) is 9.18 Å². The zero-order valence-corrected chi connectivity index (χ0v) is 10.6. The third-order valence-electron chi connectivity index (χ3n) is 2.66. The third kappa shape index (κ3) is 4.43. The molecule has 1 atom stereocenters. The molecular formula is C13H18FNO3. The second-order valence-corrected chi connectivity index (χ2v) is 4.49. The van der Waals surface area contributed by atoms with Crippen LogP contribution in [-0.2, 0) is 6.54 Å². The van der Waals surface area contributed by atoms with Crippen LogP contribution >= 0.6 is 0 Å². The van der Waals surface area contributed by atoms with Crippen LogP contribution in [0, 0.1) is 5.82 Å². The van der Waals surface area contributed by atoms with E-state index >= 15 is 0 Å². The Morgan fingerprint density at radius 1 is 1.50 bits per heavy atom. The quantitative estimate of drug-likeness (QED) is 0.812. The van der Waals surface area contributed by atoms with Crippen LogP contribution in [0.2, 0.25) is 0 Å². The number of carboxylic acids is 1. The number of aliphatic hydroxyl groups excluding tert-OH is 1. The molecule has 0 aliphatic carbocycles. The Balaban J connectivity index is 2.71. The van der Waals surface area contributed by atoms with Crippen molar-refractivity contribution < 1.29 is 19.4 Å². The maximum Gasteiger partial charge on any atom is 0.335 e. The fourth-order valence-corrected chi connectivity index (χ4v) is 1.61. The van der Waals surface area contributed by atoms with Crippen LogP contribution in [0.1, 0.15) is 29.3 Å². The van der Waals surface area contributed by atoms with Gasteiger partial charge in [0.15, 0.2) is 0 Å². The van der Waals surface area contributed by atoms with Gasteiger partial charge in [0.25, 0.3) is 0 Å². The lowest BCUT2D eigenvalue weighted by Crippen LogP contribution is -2.22. The lowest BCUT2D eigenvalue weighted by molar-refractivity contribution is 0.0696. The number of carboxylic acid groups (broad SMARTS) is 1. The topological polar surface area (TPSA) is 60.8 Å². The molecule has 0 heterocycles. The zero-order valence-electron chi connectivity index (χ0n) is 10.6. The van der Waals surface area contributed by atoms with Crippen LogP contribution in [0.3, 0.4) is 0 Å². The lowest BCUT2D eigenvalue weighted by Gasteiger charge is -2.18. The van der Waals surface area contributed by atoms with Gasteiger partial charge in [-0.2, -0.15) is 0 Å². The van der Waals surface area contributed by atoms with E-state index in [1.165, 1.54) is 18.2 Å². The maximum absolute atomic E-state index is 13.5. The van der Waals surface area contributed by atoms with E-state index in [1.807, 2.05) is 4.90 Å². The third-order valence-corrected chi connectivity index (χ3v) is 2.66. The molecule has 100 valence electrons. The highest BCUT2D eigenvalue weighted by Crippen LogP contribution is 2.13. The minimum absolute atomic E-state index is 0.0790. The van der Waals surface area contributed by atoms with Crippen LogP contribution < -0.4 is 0 Å². The summed E-state index contributed by atoms with van der Waals surface area (Å²) >= 11 is 0. The molecule has 1 unspecified atom stereocenters. The Kier molecular flexibility index (Phi) is 5.25. The van der Waals surface area contributed by atoms with Gasteiger partial charge in [-0.15, -0.1) is 0 Å². The second-order valence-electron chi connectivity index (χ2n) is 4.49. The number of benzene rings is 1. The predicted molar refractivity (Wildman–Crippen MR) is 66.0 cm³/mol. The molecule has 0 amide bonds. The maximum atomic E-state index is 13.5. The van der Waals surface area contributed by atoms with Gasteiger partial charge >= 0.3 is 5.97 Å². The molecule has 5 heteroatoms. The summed E-state index contributed by atoms with van der Waals surface area (Å²) in [5.74, 6) is -1.48. The first-order chi connectivity index (χ1) is 8.40. The predicted octanol–water partition coefficient (Wildman–Crippen LogP) is 1.73. The highest BCUT2D eigenvalue weighted by atomic mass is 19.1. The Bertz CT molecular complexity index is 421. The number of aliphatic hydroxyl groups is 1. The van der Waals surface area contributed by atoms with Crippen molar-refractivity contribution in [2.45, 2.75) is 26.0 Å². The van der Waals surface area contributed by atoms with E-state index in [0.717, 1.165) is 0 Å². The Morgan fingerprint density at radius 2 is 2.17 bits per heavy atom. The number of hydrogen-bond acceptors (Lipinski definition) is 3. The molecule has 0 spiro atoms. The summed E-state index contributed by atoms with van der Waals surface area (Å²) < 4.78 is 13.5. The minimum Gasteiger partial charge on any atom is -0.478 e. The van der Waals surface area contributed by atoms with Crippen molar-refractivity contribution in [3.8, 4) is 0 Å². The molecule has 4 nitrogen and oxygen atoms in total. The van der Waals surface area contributed by atoms with Crippen LogP contribution in [0.5, 0.6) is 0 Å². The van der Waals surface area contributed by atoms with Crippen LogP contribution in [0.4, 0.5) is 4.39 Å². The fourth-order valence-electron chi connectivity index (χ4n) is 1.61. The average molecular weight is 255 g/mol. The standard InChI is InChI=1S/C13H18FNO3/c1-9(16)5-6-15(2)8-11-7-10(13(17)18)3-4-12(11)14/h3-4,7,9,16H,5-6,8H2,1-2H3,(H,17,18). The van der Waals surface area contributed by atoms with Gasteiger partial charge in [0.2, 0.25) is 0 Å². The second kappa shape index (κ2) is 6.47. The van der Waals surface area contributed by atoms with Crippen molar-refractivity contribution in [2.24, 2.45) is 0 Å². The molecule has 0 aliphatic rings. The highest BCUT2D eigenvalue weighted by Gasteiger charge is 2.10. The van der Waals surface area contributed by atoms with E-state index in [0.29, 0.717) is 25.1 Å². The SMILES string of the molecule is CC(O)CCN(C)Cc1cc(C(=O)O)ccc1F. The molecule has 18 heavy (non-hydrogen) atoms. The van der Waals surface area contributed by atoms with Gasteiger partial charge in [0, 0.05) is 18.7 Å². The van der Waals surface area contributed by atoms with Crippen molar-refractivity contribution in [2.75, 3.05) is 13.6 Å². The number of nitrogens with zero attached hydrogens (tertiary/aromatic N) is 1. The smallest absolute Gasteiger partial charge is 0.335 e. The van der Waals surface area contributed by atoms with Crippen molar-refractivity contribution in [1.29, 1.82) is 0 Å². The summed E-state index contributed by atoms with van der Waals surface area (Å²) in [6.07, 6.45) is 0.194. The summed E-state index contributed by atoms with van der Waals surface area (Å²) in [5.41, 5.74) is 0.429. The highest BCUT2D eigenvalue weighted by molar-refractivity contribution is 5.87. The van der Waals surface area contributed by atoms with Crippen molar-refractivity contribution >= 4 is 5.97 Å². The van der Waals surface area contributed by atoms with Crippen LogP contribution in [-0.4, -0.2) is 40.8 Å². The molecule has 0 saturated carbocycles. The molecule has 1 aromatic rings. The summed E-state index contributed by atoms with van der Waals surface area (Å²) in [7, 11) is 1.80. The van der Waals surface area contributed by atoms with Gasteiger partial charge in [0.05, 0.1) is 11.7 Å². The number of aromatic carboxylic acids is 1. The Morgan fingerprint density at radius 3 is 2.72 bits per heavy atom.